The van der Waals surface area contributed by atoms with E-state index in [0.717, 1.165) is 31.2 Å². The molecular weight excluding hydrogens is 998 g/mol. The normalized spacial score (nSPS) is 23.1. The van der Waals surface area contributed by atoms with E-state index in [0.29, 0.717) is 81.9 Å². The summed E-state index contributed by atoms with van der Waals surface area (Å²) in [6, 6.07) is 8.60. The SMILES string of the molecule is CC(CC(C)/C(=N\OCC(C)C(=O)[N]([Tl])[Tl])c1nc2ccccc2n(C2CC3CCC(C2)N3)c1=O)C(=O)OI. The van der Waals surface area contributed by atoms with Gasteiger partial charge in [0.25, 0.3) is 0 Å². The van der Waals surface area contributed by atoms with E-state index in [1.807, 2.05) is 43.2 Å². The zero-order chi connectivity index (χ0) is 28.3. The van der Waals surface area contributed by atoms with E-state index in [1.54, 1.807) is 29.9 Å². The fraction of sp³-hybridized carbons (Fsp3) is 0.577. The van der Waals surface area contributed by atoms with E-state index in [1.165, 1.54) is 0 Å². The maximum absolute atomic E-state index is 14.2. The molecule has 204 valence electrons. The van der Waals surface area contributed by atoms with E-state index in [2.05, 4.69) is 10.5 Å². The molecule has 3 heterocycles. The first-order chi connectivity index (χ1) is 18.6. The molecule has 0 aliphatic carbocycles. The van der Waals surface area contributed by atoms with Gasteiger partial charge in [-0.3, -0.25) is 0 Å². The monoisotopic (exact) mass is 1030 g/mol. The molecule has 0 spiro atoms. The predicted octanol–water partition coefficient (Wildman–Crippen LogP) is 2.76. The number of benzene rings is 1. The summed E-state index contributed by atoms with van der Waals surface area (Å²) in [4.78, 5) is 49.4. The van der Waals surface area contributed by atoms with E-state index >= 15 is 0 Å². The molecular formula is C26H32IN5O5Tl2. The molecule has 10 nitrogen and oxygen atoms in total. The summed E-state index contributed by atoms with van der Waals surface area (Å²) in [6.45, 7) is 5.64. The maximum atomic E-state index is 14.2. The summed E-state index contributed by atoms with van der Waals surface area (Å²) in [5, 5.41) is 8.10. The third kappa shape index (κ3) is 7.39. The van der Waals surface area contributed by atoms with Crippen molar-refractivity contribution in [2.75, 3.05) is 6.61 Å². The fourth-order valence-corrected chi connectivity index (χ4v) is 8.06. The number of para-hydroxylation sites is 2. The number of halogens is 1. The van der Waals surface area contributed by atoms with Crippen LogP contribution in [-0.4, -0.2) is 98.5 Å². The Labute approximate surface area is 274 Å². The third-order valence-electron chi connectivity index (χ3n) is 7.67. The van der Waals surface area contributed by atoms with Crippen LogP contribution in [0.4, 0.5) is 0 Å². The van der Waals surface area contributed by atoms with Crippen molar-refractivity contribution in [3.63, 3.8) is 0 Å². The number of amides is 1. The van der Waals surface area contributed by atoms with Crippen molar-refractivity contribution in [3.8, 4) is 0 Å². The minimum absolute atomic E-state index is 0.0565. The molecule has 1 N–H and O–H groups in total. The van der Waals surface area contributed by atoms with Gasteiger partial charge in [-0.15, -0.1) is 0 Å². The number of nitrogens with one attached hydrogen (secondary N) is 1. The molecule has 2 saturated heterocycles. The van der Waals surface area contributed by atoms with Crippen LogP contribution in [0.15, 0.2) is 34.2 Å². The number of aromatic nitrogens is 2. The quantitative estimate of drug-likeness (QED) is 0.169. The molecule has 2 aliphatic heterocycles. The van der Waals surface area contributed by atoms with Gasteiger partial charge in [0, 0.05) is 12.1 Å². The van der Waals surface area contributed by atoms with Crippen LogP contribution in [-0.2, 0) is 17.5 Å². The summed E-state index contributed by atoms with van der Waals surface area (Å²) in [6.07, 6.45) is 4.44. The summed E-state index contributed by atoms with van der Waals surface area (Å²) in [5.74, 6) is -1.33. The van der Waals surface area contributed by atoms with Gasteiger partial charge in [0.1, 0.15) is 0 Å². The van der Waals surface area contributed by atoms with Crippen LogP contribution >= 0.6 is 23.0 Å². The van der Waals surface area contributed by atoms with Crippen molar-refractivity contribution in [1.29, 1.82) is 0 Å². The van der Waals surface area contributed by atoms with Crippen LogP contribution in [0.2, 0.25) is 0 Å². The summed E-state index contributed by atoms with van der Waals surface area (Å²) in [7, 11) is 0. The number of hydrogen-bond acceptors (Lipinski definition) is 8. The second-order valence-corrected chi connectivity index (χ2v) is 24.5. The van der Waals surface area contributed by atoms with Gasteiger partial charge in [0.15, 0.2) is 23.0 Å². The van der Waals surface area contributed by atoms with Crippen molar-refractivity contribution in [2.45, 2.75) is 71.0 Å². The zero-order valence-electron chi connectivity index (χ0n) is 22.4. The molecule has 5 unspecified atom stereocenters. The molecule has 2 fully saturated rings. The summed E-state index contributed by atoms with van der Waals surface area (Å²) in [5.41, 5.74) is 1.95. The van der Waals surface area contributed by atoms with Crippen LogP contribution in [0.5, 0.6) is 0 Å². The van der Waals surface area contributed by atoms with Gasteiger partial charge in [0.05, 0.1) is 0 Å². The van der Waals surface area contributed by atoms with Crippen LogP contribution in [0.25, 0.3) is 11.0 Å². The standard InChI is InChI=1S/C26H32IN5O5.2Tl/c1-14(10-15(2)26(35)37-27)22(31-36-13-16(3)24(28)33)23-25(34)32(21-7-5-4-6-20(21)30-23)19-11-17-8-9-18(12-19)29-17;;/h4-7,14-19,29H,8-13H2,1-3H3;;/b31-22+;;. The van der Waals surface area contributed by atoms with Gasteiger partial charge in [-0.25, -0.2) is 0 Å². The second-order valence-electron chi connectivity index (χ2n) is 10.7. The van der Waals surface area contributed by atoms with Gasteiger partial charge in [0.2, 0.25) is 0 Å². The van der Waals surface area contributed by atoms with Gasteiger partial charge < -0.3 is 5.32 Å². The van der Waals surface area contributed by atoms with Crippen LogP contribution < -0.4 is 10.9 Å². The molecule has 1 aromatic carbocycles. The van der Waals surface area contributed by atoms with Gasteiger partial charge >= 0.3 is 218 Å². The first-order valence-electron chi connectivity index (χ1n) is 13.2. The number of nitrogens with zero attached hydrogens (tertiary/aromatic N) is 4. The Hall–Kier alpha value is -0.696. The molecule has 13 heteroatoms. The van der Waals surface area contributed by atoms with Crippen LogP contribution in [0, 0.1) is 17.8 Å². The Bertz CT molecular complexity index is 1290. The Morgan fingerprint density at radius 2 is 1.82 bits per heavy atom. The minimum Gasteiger partial charge on any atom is 0.196 e. The average molecular weight is 1030 g/mol. The molecule has 0 radical (unpaired) electrons. The number of fused-ring (bicyclic) bond motifs is 3. The van der Waals surface area contributed by atoms with E-state index < -0.39 is 5.92 Å². The van der Waals surface area contributed by atoms with Crippen molar-refractivity contribution >= 4 is 104 Å². The molecule has 2 aromatic rings. The fourth-order valence-electron chi connectivity index (χ4n) is 5.65. The minimum atomic E-state index is -0.407. The average Bonchev–Trinajstić information content (AvgIpc) is 3.26. The van der Waals surface area contributed by atoms with Crippen molar-refractivity contribution in [1.82, 2.24) is 15.4 Å². The van der Waals surface area contributed by atoms with E-state index in [-0.39, 0.29) is 47.6 Å². The molecule has 1 aromatic heterocycles. The summed E-state index contributed by atoms with van der Waals surface area (Å²) < 4.78 is 8.65. The van der Waals surface area contributed by atoms with Crippen LogP contribution in [0.3, 0.4) is 0 Å². The Balaban J connectivity index is 1.76. The van der Waals surface area contributed by atoms with E-state index in [9.17, 15) is 14.4 Å². The second kappa shape index (κ2) is 14.0. The molecule has 39 heavy (non-hydrogen) atoms. The smallest absolute Gasteiger partial charge is 0.196 e. The summed E-state index contributed by atoms with van der Waals surface area (Å²) >= 11 is 2.54. The number of piperidine rings is 1. The van der Waals surface area contributed by atoms with E-state index in [4.69, 9.17) is 12.9 Å². The van der Waals surface area contributed by atoms with Gasteiger partial charge in [-0.2, -0.15) is 0 Å². The number of oxime groups is 1. The number of rotatable bonds is 10. The number of hydrogen-bond donors (Lipinski definition) is 1. The van der Waals surface area contributed by atoms with Crippen molar-refractivity contribution in [2.24, 2.45) is 22.9 Å². The molecule has 2 bridgehead atoms. The van der Waals surface area contributed by atoms with Crippen molar-refractivity contribution < 1.29 is 17.5 Å². The predicted molar refractivity (Wildman–Crippen MR) is 157 cm³/mol. The number of carbonyl (C=O) groups excluding carboxylic acids is 2. The topological polar surface area (TPSA) is 115 Å². The molecule has 0 saturated carbocycles. The third-order valence-corrected chi connectivity index (χ3v) is 10.1. The first kappa shape index (κ1) is 31.2. The molecule has 1 amide bonds. The molecule has 2 aliphatic rings. The van der Waals surface area contributed by atoms with Gasteiger partial charge in [-0.05, 0) is 12.8 Å². The Kier molecular flexibility index (Phi) is 11.2. The Morgan fingerprint density at radius 1 is 1.15 bits per heavy atom. The Morgan fingerprint density at radius 3 is 2.46 bits per heavy atom. The first-order valence-corrected chi connectivity index (χ1v) is 18.1. The van der Waals surface area contributed by atoms with Gasteiger partial charge in [-0.1, -0.05) is 6.07 Å². The molecule has 4 rings (SSSR count). The van der Waals surface area contributed by atoms with Crippen molar-refractivity contribution in [3.05, 3.63) is 40.3 Å². The zero-order valence-corrected chi connectivity index (χ0v) is 33.5. The molecule has 5 atom stereocenters. The van der Waals surface area contributed by atoms with Crippen LogP contribution in [0.1, 0.15) is 64.6 Å². The number of carbonyl (C=O) groups is 2.